The average Bonchev–Trinajstić information content (AvgIpc) is 2.49. The van der Waals surface area contributed by atoms with Gasteiger partial charge in [0.2, 0.25) is 11.8 Å². The van der Waals surface area contributed by atoms with Gasteiger partial charge in [-0.2, -0.15) is 0 Å². The highest BCUT2D eigenvalue weighted by Crippen LogP contribution is 2.25. The number of nitrogens with one attached hydrogen (secondary N) is 1. The van der Waals surface area contributed by atoms with Crippen LogP contribution in [0.15, 0.2) is 42.5 Å². The highest BCUT2D eigenvalue weighted by atomic mass is 16.5. The molecule has 22 heavy (non-hydrogen) atoms. The van der Waals surface area contributed by atoms with Crippen molar-refractivity contribution >= 4 is 17.6 Å². The highest BCUT2D eigenvalue weighted by molar-refractivity contribution is 6.05. The number of pyridine rings is 1. The lowest BCUT2D eigenvalue weighted by Crippen LogP contribution is -2.49. The summed E-state index contributed by atoms with van der Waals surface area (Å²) < 4.78 is 5.66. The molecule has 1 N–H and O–H groups in total. The highest BCUT2D eigenvalue weighted by Gasteiger charge is 2.25. The fraction of sp³-hybridized carbons (Fsp3) is 0.188. The first-order valence-electron chi connectivity index (χ1n) is 6.95. The molecule has 0 atom stereocenters. The maximum absolute atomic E-state index is 11.9. The van der Waals surface area contributed by atoms with Gasteiger partial charge in [0.1, 0.15) is 5.75 Å². The molecule has 2 heterocycles. The topological polar surface area (TPSA) is 71.5 Å². The van der Waals surface area contributed by atoms with Gasteiger partial charge in [-0.1, -0.05) is 18.2 Å². The molecule has 6 heteroatoms. The Morgan fingerprint density at radius 3 is 2.59 bits per heavy atom. The van der Waals surface area contributed by atoms with E-state index in [1.54, 1.807) is 19.1 Å². The Bertz CT molecular complexity index is 716. The van der Waals surface area contributed by atoms with Gasteiger partial charge >= 0.3 is 6.03 Å². The Morgan fingerprint density at radius 2 is 1.91 bits per heavy atom. The molecule has 1 aromatic heterocycles. The number of hydrogen-bond donors (Lipinski definition) is 1. The molecule has 1 saturated heterocycles. The molecule has 1 aliphatic heterocycles. The zero-order valence-electron chi connectivity index (χ0n) is 12.1. The molecule has 3 amide bonds. The van der Waals surface area contributed by atoms with Crippen LogP contribution in [0.4, 0.5) is 10.5 Å². The molecule has 0 radical (unpaired) electrons. The van der Waals surface area contributed by atoms with E-state index in [1.165, 1.54) is 4.90 Å². The molecule has 1 aromatic carbocycles. The van der Waals surface area contributed by atoms with Gasteiger partial charge < -0.3 is 4.74 Å². The van der Waals surface area contributed by atoms with Crippen LogP contribution in [0.5, 0.6) is 11.6 Å². The standard InChI is InChI=1S/C16H15N3O3/c1-11-13(19-10-9-14(20)18-16(19)21)7-8-15(17-11)22-12-5-3-2-4-6-12/h2-8H,9-10H2,1H3,(H,18,20,21). The number of nitrogens with zero attached hydrogens (tertiary/aromatic N) is 2. The van der Waals surface area contributed by atoms with Gasteiger partial charge in [0, 0.05) is 19.0 Å². The number of aryl methyl sites for hydroxylation is 1. The largest absolute Gasteiger partial charge is 0.439 e. The van der Waals surface area contributed by atoms with E-state index in [0.717, 1.165) is 0 Å². The van der Waals surface area contributed by atoms with Crippen molar-refractivity contribution in [3.05, 3.63) is 48.2 Å². The van der Waals surface area contributed by atoms with Crippen LogP contribution in [-0.2, 0) is 4.79 Å². The predicted molar refractivity (Wildman–Crippen MR) is 81.0 cm³/mol. The Morgan fingerprint density at radius 1 is 1.14 bits per heavy atom. The molecule has 0 saturated carbocycles. The van der Waals surface area contributed by atoms with Crippen LogP contribution in [0.25, 0.3) is 0 Å². The molecular weight excluding hydrogens is 282 g/mol. The van der Waals surface area contributed by atoms with E-state index < -0.39 is 6.03 Å². The summed E-state index contributed by atoms with van der Waals surface area (Å²) in [5, 5.41) is 2.30. The lowest BCUT2D eigenvalue weighted by atomic mass is 10.2. The van der Waals surface area contributed by atoms with E-state index in [1.807, 2.05) is 30.3 Å². The third kappa shape index (κ3) is 2.90. The quantitative estimate of drug-likeness (QED) is 0.945. The number of aromatic nitrogens is 1. The van der Waals surface area contributed by atoms with Crippen molar-refractivity contribution in [1.29, 1.82) is 0 Å². The number of para-hydroxylation sites is 1. The van der Waals surface area contributed by atoms with Gasteiger partial charge in [-0.3, -0.25) is 15.0 Å². The van der Waals surface area contributed by atoms with Crippen LogP contribution in [0.3, 0.4) is 0 Å². The first kappa shape index (κ1) is 14.1. The minimum absolute atomic E-state index is 0.254. The third-order valence-electron chi connectivity index (χ3n) is 3.34. The lowest BCUT2D eigenvalue weighted by molar-refractivity contribution is -0.120. The minimum Gasteiger partial charge on any atom is -0.439 e. The van der Waals surface area contributed by atoms with Crippen LogP contribution in [0.1, 0.15) is 12.1 Å². The summed E-state index contributed by atoms with van der Waals surface area (Å²) in [5.41, 5.74) is 1.34. The predicted octanol–water partition coefficient (Wildman–Crippen LogP) is 2.63. The van der Waals surface area contributed by atoms with Gasteiger partial charge in [-0.25, -0.2) is 9.78 Å². The van der Waals surface area contributed by atoms with Gasteiger partial charge in [-0.05, 0) is 25.1 Å². The fourth-order valence-electron chi connectivity index (χ4n) is 2.28. The maximum atomic E-state index is 11.9. The smallest absolute Gasteiger partial charge is 0.328 e. The number of rotatable bonds is 3. The minimum atomic E-state index is -0.419. The molecule has 0 aliphatic carbocycles. The normalized spacial score (nSPS) is 14.7. The fourth-order valence-corrected chi connectivity index (χ4v) is 2.28. The summed E-state index contributed by atoms with van der Waals surface area (Å²) >= 11 is 0. The van der Waals surface area contributed by atoms with Crippen molar-refractivity contribution in [2.75, 3.05) is 11.4 Å². The molecule has 0 spiro atoms. The zero-order chi connectivity index (χ0) is 15.5. The first-order valence-corrected chi connectivity index (χ1v) is 6.95. The number of hydrogen-bond acceptors (Lipinski definition) is 4. The van der Waals surface area contributed by atoms with E-state index >= 15 is 0 Å². The number of benzene rings is 1. The van der Waals surface area contributed by atoms with Crippen LogP contribution >= 0.6 is 0 Å². The molecule has 1 fully saturated rings. The number of anilines is 1. The third-order valence-corrected chi connectivity index (χ3v) is 3.34. The molecule has 0 bridgehead atoms. The number of imide groups is 1. The van der Waals surface area contributed by atoms with Crippen molar-refractivity contribution < 1.29 is 14.3 Å². The summed E-state index contributed by atoms with van der Waals surface area (Å²) in [7, 11) is 0. The molecule has 3 rings (SSSR count). The van der Waals surface area contributed by atoms with Crippen molar-refractivity contribution in [1.82, 2.24) is 10.3 Å². The van der Waals surface area contributed by atoms with Gasteiger partial charge in [0.05, 0.1) is 11.4 Å². The second-order valence-electron chi connectivity index (χ2n) is 4.92. The summed E-state index contributed by atoms with van der Waals surface area (Å²) in [4.78, 5) is 28.9. The van der Waals surface area contributed by atoms with E-state index in [9.17, 15) is 9.59 Å². The maximum Gasteiger partial charge on any atom is 0.328 e. The summed E-state index contributed by atoms with van der Waals surface area (Å²) in [6.45, 7) is 2.16. The van der Waals surface area contributed by atoms with Crippen LogP contribution < -0.4 is 15.0 Å². The lowest BCUT2D eigenvalue weighted by Gasteiger charge is -2.27. The molecular formula is C16H15N3O3. The Hall–Kier alpha value is -2.89. The number of ether oxygens (including phenoxy) is 1. The summed E-state index contributed by atoms with van der Waals surface area (Å²) in [6, 6.07) is 12.4. The van der Waals surface area contributed by atoms with Crippen LogP contribution in [-0.4, -0.2) is 23.5 Å². The SMILES string of the molecule is Cc1nc(Oc2ccccc2)ccc1N1CCC(=O)NC1=O. The zero-order valence-corrected chi connectivity index (χ0v) is 12.1. The van der Waals surface area contributed by atoms with E-state index in [2.05, 4.69) is 10.3 Å². The molecule has 2 aromatic rings. The molecule has 1 aliphatic rings. The summed E-state index contributed by atoms with van der Waals surface area (Å²) in [5.74, 6) is 0.903. The van der Waals surface area contributed by atoms with Crippen LogP contribution in [0, 0.1) is 6.92 Å². The Labute approximate surface area is 127 Å². The Kier molecular flexibility index (Phi) is 3.74. The van der Waals surface area contributed by atoms with Gasteiger partial charge in [0.15, 0.2) is 0 Å². The monoisotopic (exact) mass is 297 g/mol. The molecule has 0 unspecified atom stereocenters. The number of amides is 3. The number of carbonyl (C=O) groups excluding carboxylic acids is 2. The average molecular weight is 297 g/mol. The van der Waals surface area contributed by atoms with Crippen molar-refractivity contribution in [2.45, 2.75) is 13.3 Å². The van der Waals surface area contributed by atoms with Crippen molar-refractivity contribution in [3.63, 3.8) is 0 Å². The van der Waals surface area contributed by atoms with Crippen molar-refractivity contribution in [3.8, 4) is 11.6 Å². The van der Waals surface area contributed by atoms with Gasteiger partial charge in [0.25, 0.3) is 0 Å². The second-order valence-corrected chi connectivity index (χ2v) is 4.92. The van der Waals surface area contributed by atoms with E-state index in [4.69, 9.17) is 4.74 Å². The molecule has 112 valence electrons. The number of urea groups is 1. The second kappa shape index (κ2) is 5.85. The first-order chi connectivity index (χ1) is 10.6. The summed E-state index contributed by atoms with van der Waals surface area (Å²) in [6.07, 6.45) is 0.285. The van der Waals surface area contributed by atoms with E-state index in [0.29, 0.717) is 29.6 Å². The van der Waals surface area contributed by atoms with E-state index in [-0.39, 0.29) is 12.3 Å². The van der Waals surface area contributed by atoms with Gasteiger partial charge in [-0.15, -0.1) is 0 Å². The van der Waals surface area contributed by atoms with Crippen LogP contribution in [0.2, 0.25) is 0 Å². The van der Waals surface area contributed by atoms with Crippen molar-refractivity contribution in [2.24, 2.45) is 0 Å². The number of carbonyl (C=O) groups is 2. The Balaban J connectivity index is 1.80. The molecule has 6 nitrogen and oxygen atoms in total.